The highest BCUT2D eigenvalue weighted by Crippen LogP contribution is 2.25. The fourth-order valence-electron chi connectivity index (χ4n) is 2.09. The molecule has 0 spiro atoms. The highest BCUT2D eigenvalue weighted by molar-refractivity contribution is 5.57. The Labute approximate surface area is 128 Å². The zero-order valence-electron chi connectivity index (χ0n) is 12.7. The Morgan fingerprint density at radius 1 is 1.18 bits per heavy atom. The van der Waals surface area contributed by atoms with Gasteiger partial charge in [0.1, 0.15) is 6.07 Å². The van der Waals surface area contributed by atoms with Crippen molar-refractivity contribution in [1.82, 2.24) is 4.90 Å². The van der Waals surface area contributed by atoms with Crippen molar-refractivity contribution in [3.05, 3.63) is 38.4 Å². The second kappa shape index (κ2) is 9.03. The topological polar surface area (TPSA) is 134 Å². The van der Waals surface area contributed by atoms with Gasteiger partial charge in [-0.15, -0.1) is 0 Å². The first-order chi connectivity index (χ1) is 10.5. The van der Waals surface area contributed by atoms with E-state index in [2.05, 4.69) is 10.6 Å². The summed E-state index contributed by atoms with van der Waals surface area (Å²) in [7, 11) is 2.03. The monoisotopic (exact) mass is 313 g/mol. The van der Waals surface area contributed by atoms with Gasteiger partial charge in [0.25, 0.3) is 5.69 Å². The molecule has 5 N–H and O–H groups in total. The van der Waals surface area contributed by atoms with Gasteiger partial charge >= 0.3 is 5.69 Å². The Balaban J connectivity index is 2.55. The lowest BCUT2D eigenvalue weighted by Crippen LogP contribution is -2.78. The van der Waals surface area contributed by atoms with Gasteiger partial charge in [0, 0.05) is 38.1 Å². The van der Waals surface area contributed by atoms with Crippen molar-refractivity contribution in [1.29, 1.82) is 0 Å². The number of nitro groups is 2. The fourth-order valence-corrected chi connectivity index (χ4v) is 2.09. The molecule has 0 radical (unpaired) electrons. The molecule has 0 fully saturated rings. The summed E-state index contributed by atoms with van der Waals surface area (Å²) in [5.41, 5.74) is 3.73. The van der Waals surface area contributed by atoms with E-state index in [4.69, 9.17) is 0 Å². The molecule has 0 saturated carbocycles. The molecule has 0 bridgehead atoms. The van der Waals surface area contributed by atoms with Crippen molar-refractivity contribution in [3.63, 3.8) is 0 Å². The van der Waals surface area contributed by atoms with Crippen LogP contribution < -0.4 is 11.1 Å². The number of nitrogens with zero attached hydrogens (tertiary/aromatic N) is 3. The molecule has 1 aromatic carbocycles. The van der Waals surface area contributed by atoms with Gasteiger partial charge in [0.15, 0.2) is 0 Å². The molecule has 9 heteroatoms. The Hall–Kier alpha value is -2.10. The SMILES string of the molecule is CN(CCC[NH3+])CCC[NH2+]c1ccc([N+](=O)[O-])cc1[N+](=O)[O-]. The van der Waals surface area contributed by atoms with Crippen molar-refractivity contribution >= 4 is 17.1 Å². The lowest BCUT2D eigenvalue weighted by atomic mass is 10.2. The Bertz CT molecular complexity index is 523. The third-order valence-electron chi connectivity index (χ3n) is 3.32. The molecule has 0 amide bonds. The molecule has 0 aliphatic rings. The van der Waals surface area contributed by atoms with Crippen molar-refractivity contribution in [2.45, 2.75) is 12.8 Å². The van der Waals surface area contributed by atoms with Crippen LogP contribution in [0.4, 0.5) is 17.1 Å². The van der Waals surface area contributed by atoms with E-state index in [0.29, 0.717) is 12.2 Å². The van der Waals surface area contributed by atoms with Gasteiger partial charge in [-0.3, -0.25) is 20.2 Å². The first kappa shape index (κ1) is 18.0. The maximum absolute atomic E-state index is 11.0. The summed E-state index contributed by atoms with van der Waals surface area (Å²) in [5, 5.41) is 23.4. The van der Waals surface area contributed by atoms with E-state index in [1.165, 1.54) is 12.1 Å². The average molecular weight is 313 g/mol. The molecule has 0 saturated heterocycles. The van der Waals surface area contributed by atoms with Gasteiger partial charge in [-0.25, -0.2) is 0 Å². The smallest absolute Gasteiger partial charge is 0.336 e. The van der Waals surface area contributed by atoms with Gasteiger partial charge in [-0.05, 0) is 7.05 Å². The fraction of sp³-hybridized carbons (Fsp3) is 0.538. The summed E-state index contributed by atoms with van der Waals surface area (Å²) >= 11 is 0. The van der Waals surface area contributed by atoms with E-state index in [1.54, 1.807) is 5.32 Å². The number of hydrogen-bond acceptors (Lipinski definition) is 5. The second-order valence-corrected chi connectivity index (χ2v) is 5.11. The minimum absolute atomic E-state index is 0.223. The quantitative estimate of drug-likeness (QED) is 0.263. The van der Waals surface area contributed by atoms with Crippen LogP contribution in [-0.2, 0) is 0 Å². The molecule has 0 aliphatic heterocycles. The summed E-state index contributed by atoms with van der Waals surface area (Å²) in [5.74, 6) is 0. The van der Waals surface area contributed by atoms with Crippen LogP contribution >= 0.6 is 0 Å². The van der Waals surface area contributed by atoms with Crippen molar-refractivity contribution in [3.8, 4) is 0 Å². The van der Waals surface area contributed by atoms with Crippen LogP contribution in [0, 0.1) is 20.2 Å². The predicted molar refractivity (Wildman–Crippen MR) is 80.7 cm³/mol. The number of hydrogen-bond donors (Lipinski definition) is 2. The molecule has 22 heavy (non-hydrogen) atoms. The normalized spacial score (nSPS) is 10.9. The van der Waals surface area contributed by atoms with Gasteiger partial charge < -0.3 is 16.0 Å². The number of quaternary nitrogens is 2. The van der Waals surface area contributed by atoms with Crippen LogP contribution in [-0.4, -0.2) is 48.0 Å². The Morgan fingerprint density at radius 2 is 1.86 bits per heavy atom. The second-order valence-electron chi connectivity index (χ2n) is 5.11. The summed E-state index contributed by atoms with van der Waals surface area (Å²) in [6, 6.07) is 3.73. The summed E-state index contributed by atoms with van der Waals surface area (Å²) in [6.07, 6.45) is 1.93. The largest absolute Gasteiger partial charge is 0.358 e. The molecular weight excluding hydrogens is 290 g/mol. The van der Waals surface area contributed by atoms with E-state index in [0.717, 1.165) is 38.5 Å². The molecule has 0 heterocycles. The summed E-state index contributed by atoms with van der Waals surface area (Å²) in [4.78, 5) is 22.7. The molecule has 0 atom stereocenters. The lowest BCUT2D eigenvalue weighted by Gasteiger charge is -2.14. The van der Waals surface area contributed by atoms with E-state index in [-0.39, 0.29) is 11.4 Å². The predicted octanol–water partition coefficient (Wildman–Crippen LogP) is -0.348. The summed E-state index contributed by atoms with van der Waals surface area (Å²) < 4.78 is 0. The number of benzene rings is 1. The highest BCUT2D eigenvalue weighted by atomic mass is 16.6. The van der Waals surface area contributed by atoms with Crippen molar-refractivity contribution in [2.75, 3.05) is 33.2 Å². The standard InChI is InChI=1S/C13H21N5O4/c1-16(8-2-6-14)9-3-7-15-12-5-4-11(17(19)20)10-13(12)18(21)22/h4-5,10,15H,2-3,6-9,14H2,1H3/p+2. The number of nitro benzene ring substituents is 2. The molecule has 0 aliphatic carbocycles. The number of nitrogens with two attached hydrogens (primary N) is 1. The van der Waals surface area contributed by atoms with Gasteiger partial charge in [0.2, 0.25) is 5.69 Å². The lowest BCUT2D eigenvalue weighted by molar-refractivity contribution is -0.577. The first-order valence-electron chi connectivity index (χ1n) is 7.19. The molecular formula is C13H23N5O4+2. The average Bonchev–Trinajstić information content (AvgIpc) is 2.49. The molecule has 0 aromatic heterocycles. The molecule has 1 aromatic rings. The van der Waals surface area contributed by atoms with Crippen molar-refractivity contribution in [2.24, 2.45) is 0 Å². The molecule has 9 nitrogen and oxygen atoms in total. The van der Waals surface area contributed by atoms with E-state index >= 15 is 0 Å². The van der Waals surface area contributed by atoms with Crippen LogP contribution in [0.5, 0.6) is 0 Å². The van der Waals surface area contributed by atoms with E-state index in [1.807, 2.05) is 7.05 Å². The zero-order chi connectivity index (χ0) is 16.5. The third-order valence-corrected chi connectivity index (χ3v) is 3.32. The number of non-ortho nitro benzene ring substituents is 1. The van der Waals surface area contributed by atoms with Crippen molar-refractivity contribution < 1.29 is 20.9 Å². The first-order valence-corrected chi connectivity index (χ1v) is 7.19. The van der Waals surface area contributed by atoms with Crippen LogP contribution in [0.25, 0.3) is 0 Å². The maximum atomic E-state index is 11.0. The highest BCUT2D eigenvalue weighted by Gasteiger charge is 2.22. The Kier molecular flexibility index (Phi) is 7.37. The number of rotatable bonds is 10. The van der Waals surface area contributed by atoms with Crippen LogP contribution in [0.1, 0.15) is 12.8 Å². The third kappa shape index (κ3) is 5.72. The molecule has 1 rings (SSSR count). The minimum Gasteiger partial charge on any atom is -0.358 e. The molecule has 0 unspecified atom stereocenters. The zero-order valence-corrected chi connectivity index (χ0v) is 12.7. The van der Waals surface area contributed by atoms with Gasteiger partial charge in [0.05, 0.1) is 22.9 Å². The van der Waals surface area contributed by atoms with Crippen LogP contribution in [0.2, 0.25) is 0 Å². The van der Waals surface area contributed by atoms with Crippen LogP contribution in [0.3, 0.4) is 0 Å². The maximum Gasteiger partial charge on any atom is 0.336 e. The van der Waals surface area contributed by atoms with E-state index < -0.39 is 9.85 Å². The molecule has 122 valence electrons. The van der Waals surface area contributed by atoms with Crippen LogP contribution in [0.15, 0.2) is 18.2 Å². The van der Waals surface area contributed by atoms with Gasteiger partial charge in [-0.1, -0.05) is 0 Å². The Morgan fingerprint density at radius 3 is 2.45 bits per heavy atom. The van der Waals surface area contributed by atoms with E-state index in [9.17, 15) is 20.2 Å². The van der Waals surface area contributed by atoms with Gasteiger partial charge in [-0.2, -0.15) is 0 Å². The minimum atomic E-state index is -0.631. The summed E-state index contributed by atoms with van der Waals surface area (Å²) in [6.45, 7) is 3.48.